The Morgan fingerprint density at radius 3 is 2.60 bits per heavy atom. The van der Waals surface area contributed by atoms with Crippen molar-refractivity contribution < 1.29 is 9.21 Å². The highest BCUT2D eigenvalue weighted by atomic mass is 35.5. The smallest absolute Gasteiger partial charge is 0.287 e. The van der Waals surface area contributed by atoms with Gasteiger partial charge in [0.1, 0.15) is 5.52 Å². The molecule has 1 amide bonds. The lowest BCUT2D eigenvalue weighted by Gasteiger charge is -2.16. The molecule has 0 bridgehead atoms. The maximum atomic E-state index is 12.1. The van der Waals surface area contributed by atoms with E-state index in [0.717, 1.165) is 17.8 Å². The highest BCUT2D eigenvalue weighted by Gasteiger charge is 2.14. The van der Waals surface area contributed by atoms with E-state index >= 15 is 0 Å². The molecule has 0 saturated heterocycles. The Morgan fingerprint density at radius 2 is 1.88 bits per heavy atom. The predicted octanol–water partition coefficient (Wildman–Crippen LogP) is 4.02. The molecule has 1 aliphatic carbocycles. The average molecular weight is 388 g/mol. The molecule has 140 valence electrons. The van der Waals surface area contributed by atoms with Crippen LogP contribution in [0.1, 0.15) is 54.8 Å². The largest absolute Gasteiger partial charge is 0.449 e. The molecule has 1 fully saturated rings. The minimum Gasteiger partial charge on any atom is -0.449 e. The molecule has 0 spiro atoms. The van der Waals surface area contributed by atoms with Crippen molar-refractivity contribution in [2.75, 3.05) is 13.1 Å². The third-order valence-electron chi connectivity index (χ3n) is 4.44. The van der Waals surface area contributed by atoms with Gasteiger partial charge in [0, 0.05) is 30.9 Å². The van der Waals surface area contributed by atoms with Crippen LogP contribution in [0.15, 0.2) is 22.6 Å². The van der Waals surface area contributed by atoms with Gasteiger partial charge in [-0.3, -0.25) is 4.79 Å². The van der Waals surface area contributed by atoms with Crippen molar-refractivity contribution >= 4 is 41.8 Å². The van der Waals surface area contributed by atoms with Crippen molar-refractivity contribution in [3.8, 4) is 0 Å². The normalized spacial score (nSPS) is 15.1. The summed E-state index contributed by atoms with van der Waals surface area (Å²) in [4.78, 5) is 16.5. The second-order valence-electron chi connectivity index (χ2n) is 6.35. The maximum Gasteiger partial charge on any atom is 0.287 e. The number of pyridine rings is 1. The van der Waals surface area contributed by atoms with Gasteiger partial charge in [0.25, 0.3) is 5.91 Å². The van der Waals surface area contributed by atoms with E-state index in [9.17, 15) is 4.79 Å². The SMILES string of the molecule is Cc1ccc2oc(C(=O)NCCNC3CCCCCC3)cc2n1.Cl.Cl. The average Bonchev–Trinajstić information content (AvgIpc) is 2.79. The van der Waals surface area contributed by atoms with Crippen LogP contribution in [0.5, 0.6) is 0 Å². The molecular formula is C18H27Cl2N3O2. The van der Waals surface area contributed by atoms with Gasteiger partial charge in [-0.2, -0.15) is 0 Å². The Bertz CT molecular complexity index is 667. The number of hydrogen-bond donors (Lipinski definition) is 2. The number of halogens is 2. The third kappa shape index (κ3) is 6.17. The quantitative estimate of drug-likeness (QED) is 0.600. The van der Waals surface area contributed by atoms with E-state index in [1.54, 1.807) is 6.07 Å². The van der Waals surface area contributed by atoms with E-state index in [4.69, 9.17) is 4.42 Å². The molecule has 1 saturated carbocycles. The number of nitrogens with one attached hydrogen (secondary N) is 2. The number of carbonyl (C=O) groups is 1. The number of rotatable bonds is 5. The zero-order valence-electron chi connectivity index (χ0n) is 14.5. The van der Waals surface area contributed by atoms with Crippen LogP contribution in [0.3, 0.4) is 0 Å². The molecule has 0 radical (unpaired) electrons. The number of furan rings is 1. The molecule has 2 aromatic heterocycles. The van der Waals surface area contributed by atoms with Gasteiger partial charge in [0.2, 0.25) is 0 Å². The molecular weight excluding hydrogens is 361 g/mol. The van der Waals surface area contributed by atoms with Gasteiger partial charge in [-0.05, 0) is 31.9 Å². The zero-order chi connectivity index (χ0) is 16.1. The van der Waals surface area contributed by atoms with Crippen molar-refractivity contribution in [2.45, 2.75) is 51.5 Å². The Hall–Kier alpha value is -1.30. The summed E-state index contributed by atoms with van der Waals surface area (Å²) in [6, 6.07) is 6.04. The fourth-order valence-corrected chi connectivity index (χ4v) is 3.16. The number of carbonyl (C=O) groups excluding carboxylic acids is 1. The first-order chi connectivity index (χ1) is 11.2. The maximum absolute atomic E-state index is 12.1. The topological polar surface area (TPSA) is 67.2 Å². The fourth-order valence-electron chi connectivity index (χ4n) is 3.16. The lowest BCUT2D eigenvalue weighted by Crippen LogP contribution is -2.36. The van der Waals surface area contributed by atoms with Crippen molar-refractivity contribution in [1.29, 1.82) is 0 Å². The lowest BCUT2D eigenvalue weighted by molar-refractivity contribution is 0.0928. The van der Waals surface area contributed by atoms with Crippen molar-refractivity contribution in [3.63, 3.8) is 0 Å². The Kier molecular flexibility index (Phi) is 9.25. The van der Waals surface area contributed by atoms with Crippen LogP contribution >= 0.6 is 24.8 Å². The molecule has 2 heterocycles. The van der Waals surface area contributed by atoms with E-state index in [0.29, 0.717) is 23.9 Å². The standard InChI is InChI=1S/C18H25N3O2.2ClH/c1-13-8-9-16-15(21-13)12-17(23-16)18(22)20-11-10-19-14-6-4-2-3-5-7-14;;/h8-9,12,14,19H,2-7,10-11H2,1H3,(H,20,22);2*1H. The number of aryl methyl sites for hydroxylation is 1. The summed E-state index contributed by atoms with van der Waals surface area (Å²) < 4.78 is 5.55. The highest BCUT2D eigenvalue weighted by Crippen LogP contribution is 2.18. The summed E-state index contributed by atoms with van der Waals surface area (Å²) in [6.45, 7) is 3.33. The Labute approximate surface area is 161 Å². The Morgan fingerprint density at radius 1 is 1.16 bits per heavy atom. The number of fused-ring (bicyclic) bond motifs is 1. The summed E-state index contributed by atoms with van der Waals surface area (Å²) in [6.07, 6.45) is 7.85. The van der Waals surface area contributed by atoms with Crippen LogP contribution in [-0.4, -0.2) is 30.0 Å². The third-order valence-corrected chi connectivity index (χ3v) is 4.44. The highest BCUT2D eigenvalue weighted by molar-refractivity contribution is 5.95. The second-order valence-corrected chi connectivity index (χ2v) is 6.35. The van der Waals surface area contributed by atoms with E-state index in [1.165, 1.54) is 38.5 Å². The van der Waals surface area contributed by atoms with Crippen LogP contribution in [0.2, 0.25) is 0 Å². The van der Waals surface area contributed by atoms with Gasteiger partial charge in [-0.25, -0.2) is 4.98 Å². The second kappa shape index (κ2) is 10.6. The summed E-state index contributed by atoms with van der Waals surface area (Å²) in [7, 11) is 0. The summed E-state index contributed by atoms with van der Waals surface area (Å²) in [5.41, 5.74) is 2.29. The summed E-state index contributed by atoms with van der Waals surface area (Å²) in [5, 5.41) is 6.45. The fraction of sp³-hybridized carbons (Fsp3) is 0.556. The number of hydrogen-bond acceptors (Lipinski definition) is 4. The molecule has 0 aromatic carbocycles. The van der Waals surface area contributed by atoms with Crippen LogP contribution in [-0.2, 0) is 0 Å². The minimum absolute atomic E-state index is 0. The number of aromatic nitrogens is 1. The predicted molar refractivity (Wildman–Crippen MR) is 105 cm³/mol. The van der Waals surface area contributed by atoms with Crippen molar-refractivity contribution in [2.24, 2.45) is 0 Å². The molecule has 7 heteroatoms. The number of amides is 1. The summed E-state index contributed by atoms with van der Waals surface area (Å²) in [5.74, 6) is 0.149. The van der Waals surface area contributed by atoms with Gasteiger partial charge in [-0.15, -0.1) is 24.8 Å². The van der Waals surface area contributed by atoms with E-state index in [-0.39, 0.29) is 30.7 Å². The molecule has 2 aromatic rings. The van der Waals surface area contributed by atoms with Crippen molar-refractivity contribution in [1.82, 2.24) is 15.6 Å². The first kappa shape index (κ1) is 21.7. The minimum atomic E-state index is -0.177. The van der Waals surface area contributed by atoms with Gasteiger partial charge < -0.3 is 15.1 Å². The lowest BCUT2D eigenvalue weighted by atomic mass is 10.1. The Balaban J connectivity index is 0.00000156. The van der Waals surface area contributed by atoms with Gasteiger partial charge in [-0.1, -0.05) is 25.7 Å². The van der Waals surface area contributed by atoms with E-state index in [1.807, 2.05) is 19.1 Å². The van der Waals surface area contributed by atoms with Gasteiger partial charge >= 0.3 is 0 Å². The van der Waals surface area contributed by atoms with Crippen LogP contribution in [0.25, 0.3) is 11.1 Å². The zero-order valence-corrected chi connectivity index (χ0v) is 16.2. The summed E-state index contributed by atoms with van der Waals surface area (Å²) >= 11 is 0. The van der Waals surface area contributed by atoms with Crippen molar-refractivity contribution in [3.05, 3.63) is 29.7 Å². The van der Waals surface area contributed by atoms with E-state index < -0.39 is 0 Å². The van der Waals surface area contributed by atoms with Crippen LogP contribution < -0.4 is 10.6 Å². The monoisotopic (exact) mass is 387 g/mol. The molecule has 0 atom stereocenters. The van der Waals surface area contributed by atoms with Gasteiger partial charge in [0.15, 0.2) is 11.3 Å². The molecule has 2 N–H and O–H groups in total. The first-order valence-electron chi connectivity index (χ1n) is 8.61. The molecule has 1 aliphatic rings. The molecule has 3 rings (SSSR count). The molecule has 5 nitrogen and oxygen atoms in total. The molecule has 25 heavy (non-hydrogen) atoms. The van der Waals surface area contributed by atoms with E-state index in [2.05, 4.69) is 15.6 Å². The van der Waals surface area contributed by atoms with Crippen LogP contribution in [0.4, 0.5) is 0 Å². The first-order valence-corrected chi connectivity index (χ1v) is 8.61. The molecule has 0 aliphatic heterocycles. The molecule has 0 unspecified atom stereocenters. The van der Waals surface area contributed by atoms with Crippen LogP contribution in [0, 0.1) is 6.92 Å². The van der Waals surface area contributed by atoms with Gasteiger partial charge in [0.05, 0.1) is 0 Å². The number of nitrogens with zero attached hydrogens (tertiary/aromatic N) is 1.